The van der Waals surface area contributed by atoms with Gasteiger partial charge in [0.15, 0.2) is 0 Å². The van der Waals surface area contributed by atoms with Gasteiger partial charge in [0.05, 0.1) is 0 Å². The second-order valence-electron chi connectivity index (χ2n) is 12.4. The average molecular weight is 540 g/mol. The van der Waals surface area contributed by atoms with E-state index in [1.165, 1.54) is 77.1 Å². The molecule has 8 rings (SSSR count). The minimum Gasteiger partial charge on any atom is -0.310 e. The van der Waals surface area contributed by atoms with Crippen molar-refractivity contribution in [1.29, 1.82) is 0 Å². The Morgan fingerprint density at radius 1 is 0.524 bits per heavy atom. The summed E-state index contributed by atoms with van der Waals surface area (Å²) in [5.41, 5.74) is 11.6. The van der Waals surface area contributed by atoms with Crippen molar-refractivity contribution in [3.05, 3.63) is 150 Å². The van der Waals surface area contributed by atoms with Gasteiger partial charge in [0.25, 0.3) is 0 Å². The van der Waals surface area contributed by atoms with Crippen molar-refractivity contribution in [2.75, 3.05) is 4.90 Å². The predicted octanol–water partition coefficient (Wildman–Crippen LogP) is 11.5. The Bertz CT molecular complexity index is 2190. The summed E-state index contributed by atoms with van der Waals surface area (Å²) in [4.78, 5) is 2.40. The Balaban J connectivity index is 1.38. The second kappa shape index (κ2) is 9.06. The van der Waals surface area contributed by atoms with Crippen LogP contribution in [-0.2, 0) is 5.41 Å². The lowest BCUT2D eigenvalue weighted by Gasteiger charge is -2.28. The molecular weight excluding hydrogens is 506 g/mol. The molecule has 0 heterocycles. The monoisotopic (exact) mass is 539 g/mol. The summed E-state index contributed by atoms with van der Waals surface area (Å²) >= 11 is 0. The summed E-state index contributed by atoms with van der Waals surface area (Å²) in [6.45, 7) is 9.18. The van der Waals surface area contributed by atoms with Gasteiger partial charge in [0, 0.05) is 22.5 Å². The Kier molecular flexibility index (Phi) is 5.37. The van der Waals surface area contributed by atoms with Crippen LogP contribution in [0, 0.1) is 13.8 Å². The summed E-state index contributed by atoms with van der Waals surface area (Å²) in [5, 5.41) is 7.92. The highest BCUT2D eigenvalue weighted by atomic mass is 15.1. The van der Waals surface area contributed by atoms with Crippen molar-refractivity contribution < 1.29 is 0 Å². The van der Waals surface area contributed by atoms with Gasteiger partial charge in [-0.2, -0.15) is 0 Å². The van der Waals surface area contributed by atoms with Crippen LogP contribution in [-0.4, -0.2) is 0 Å². The fourth-order valence-corrected chi connectivity index (χ4v) is 7.32. The molecule has 0 atom stereocenters. The topological polar surface area (TPSA) is 3.24 Å². The van der Waals surface area contributed by atoms with Crippen LogP contribution in [0.15, 0.2) is 127 Å². The molecule has 0 radical (unpaired) electrons. The molecule has 1 aliphatic carbocycles. The van der Waals surface area contributed by atoms with Gasteiger partial charge >= 0.3 is 0 Å². The third-order valence-electron chi connectivity index (χ3n) is 9.34. The molecule has 1 aliphatic rings. The fourth-order valence-electron chi connectivity index (χ4n) is 7.32. The van der Waals surface area contributed by atoms with Crippen LogP contribution in [0.2, 0.25) is 0 Å². The SMILES string of the molecule is Cc1ccc(C)c(N(c2ccccc2)c2ccc3cc4c(cc3c2)C(C)(C)c2c-4c3ccccc3c3ccccc23)c1. The zero-order valence-electron chi connectivity index (χ0n) is 24.6. The molecule has 202 valence electrons. The van der Waals surface area contributed by atoms with Crippen LogP contribution in [0.5, 0.6) is 0 Å². The molecule has 0 spiro atoms. The zero-order valence-corrected chi connectivity index (χ0v) is 24.6. The molecule has 42 heavy (non-hydrogen) atoms. The van der Waals surface area contributed by atoms with E-state index in [4.69, 9.17) is 0 Å². The Labute approximate surface area is 247 Å². The van der Waals surface area contributed by atoms with Gasteiger partial charge in [-0.05, 0) is 122 Å². The van der Waals surface area contributed by atoms with Crippen molar-refractivity contribution in [3.8, 4) is 11.1 Å². The highest BCUT2D eigenvalue weighted by Gasteiger charge is 2.38. The number of aryl methyl sites for hydroxylation is 2. The fraction of sp³-hybridized carbons (Fsp3) is 0.122. The van der Waals surface area contributed by atoms with Gasteiger partial charge in [-0.3, -0.25) is 0 Å². The molecule has 1 heteroatoms. The molecule has 0 amide bonds. The third-order valence-corrected chi connectivity index (χ3v) is 9.34. The van der Waals surface area contributed by atoms with Crippen molar-refractivity contribution in [2.24, 2.45) is 0 Å². The summed E-state index contributed by atoms with van der Waals surface area (Å²) in [6, 6.07) is 47.2. The van der Waals surface area contributed by atoms with E-state index < -0.39 is 0 Å². The van der Waals surface area contributed by atoms with E-state index >= 15 is 0 Å². The molecule has 0 fully saturated rings. The quantitative estimate of drug-likeness (QED) is 0.202. The molecule has 0 aromatic heterocycles. The van der Waals surface area contributed by atoms with Crippen LogP contribution in [0.4, 0.5) is 17.1 Å². The standard InChI is InChI=1S/C41H33N/c1-26-18-19-27(2)38(22-26)42(30-12-6-5-7-13-30)31-21-20-28-24-36-37(25-29(28)23-31)41(3,4)40-35-17-11-9-15-33(35)32-14-8-10-16-34(32)39(36)40/h5-25H,1-4H3. The number of fused-ring (bicyclic) bond motifs is 9. The summed E-state index contributed by atoms with van der Waals surface area (Å²) in [5.74, 6) is 0. The molecule has 0 saturated heterocycles. The average Bonchev–Trinajstić information content (AvgIpc) is 3.25. The third kappa shape index (κ3) is 3.56. The Hall–Kier alpha value is -4.88. The maximum atomic E-state index is 2.46. The highest BCUT2D eigenvalue weighted by molar-refractivity contribution is 6.19. The molecule has 0 aliphatic heterocycles. The number of hydrogen-bond donors (Lipinski definition) is 0. The number of anilines is 3. The first-order valence-corrected chi connectivity index (χ1v) is 14.9. The Morgan fingerprint density at radius 2 is 1.19 bits per heavy atom. The van der Waals surface area contributed by atoms with Gasteiger partial charge < -0.3 is 4.90 Å². The van der Waals surface area contributed by atoms with Crippen LogP contribution in [0.1, 0.15) is 36.1 Å². The van der Waals surface area contributed by atoms with E-state index in [1.54, 1.807) is 0 Å². The Morgan fingerprint density at radius 3 is 1.95 bits per heavy atom. The first kappa shape index (κ1) is 24.9. The first-order chi connectivity index (χ1) is 20.4. The van der Waals surface area contributed by atoms with Crippen molar-refractivity contribution in [1.82, 2.24) is 0 Å². The lowest BCUT2D eigenvalue weighted by Crippen LogP contribution is -2.15. The van der Waals surface area contributed by atoms with Crippen molar-refractivity contribution >= 4 is 49.4 Å². The van der Waals surface area contributed by atoms with Gasteiger partial charge in [-0.25, -0.2) is 0 Å². The van der Waals surface area contributed by atoms with Crippen LogP contribution >= 0.6 is 0 Å². The summed E-state index contributed by atoms with van der Waals surface area (Å²) in [7, 11) is 0. The molecule has 7 aromatic carbocycles. The molecule has 7 aromatic rings. The maximum Gasteiger partial charge on any atom is 0.0493 e. The molecule has 1 nitrogen and oxygen atoms in total. The van der Waals surface area contributed by atoms with E-state index in [1.807, 2.05) is 0 Å². The van der Waals surface area contributed by atoms with E-state index in [2.05, 4.69) is 160 Å². The second-order valence-corrected chi connectivity index (χ2v) is 12.4. The first-order valence-electron chi connectivity index (χ1n) is 14.9. The predicted molar refractivity (Wildman–Crippen MR) is 181 cm³/mol. The summed E-state index contributed by atoms with van der Waals surface area (Å²) in [6.07, 6.45) is 0. The minimum absolute atomic E-state index is 0.120. The lowest BCUT2D eigenvalue weighted by atomic mass is 9.79. The van der Waals surface area contributed by atoms with Gasteiger partial charge in [-0.15, -0.1) is 0 Å². The van der Waals surface area contributed by atoms with Gasteiger partial charge in [-0.1, -0.05) is 98.8 Å². The van der Waals surface area contributed by atoms with E-state index in [9.17, 15) is 0 Å². The number of benzene rings is 7. The molecular formula is C41H33N. The van der Waals surface area contributed by atoms with Gasteiger partial charge in [0.2, 0.25) is 0 Å². The van der Waals surface area contributed by atoms with E-state index in [0.29, 0.717) is 0 Å². The number of hydrogen-bond acceptors (Lipinski definition) is 1. The zero-order chi connectivity index (χ0) is 28.6. The van der Waals surface area contributed by atoms with Crippen molar-refractivity contribution in [2.45, 2.75) is 33.1 Å². The number of nitrogens with zero attached hydrogens (tertiary/aromatic N) is 1. The van der Waals surface area contributed by atoms with Crippen LogP contribution in [0.25, 0.3) is 43.4 Å². The molecule has 0 saturated carbocycles. The van der Waals surface area contributed by atoms with Crippen molar-refractivity contribution in [3.63, 3.8) is 0 Å². The van der Waals surface area contributed by atoms with E-state index in [0.717, 1.165) is 5.69 Å². The van der Waals surface area contributed by atoms with Crippen LogP contribution in [0.3, 0.4) is 0 Å². The molecule has 0 N–H and O–H groups in total. The minimum atomic E-state index is -0.120. The van der Waals surface area contributed by atoms with Gasteiger partial charge in [0.1, 0.15) is 0 Å². The number of rotatable bonds is 3. The lowest BCUT2D eigenvalue weighted by molar-refractivity contribution is 0.667. The maximum absolute atomic E-state index is 2.46. The summed E-state index contributed by atoms with van der Waals surface area (Å²) < 4.78 is 0. The normalized spacial score (nSPS) is 13.4. The highest BCUT2D eigenvalue weighted by Crippen LogP contribution is 2.55. The van der Waals surface area contributed by atoms with Crippen LogP contribution < -0.4 is 4.90 Å². The number of para-hydroxylation sites is 1. The largest absolute Gasteiger partial charge is 0.310 e. The molecule has 0 unspecified atom stereocenters. The smallest absolute Gasteiger partial charge is 0.0493 e. The molecule has 0 bridgehead atoms. The van der Waals surface area contributed by atoms with E-state index in [-0.39, 0.29) is 5.41 Å².